The maximum Gasteiger partial charge on any atom is 0.165 e. The Balaban J connectivity index is 3.32. The number of pyridine rings is 1. The quantitative estimate of drug-likeness (QED) is 0.719. The van der Waals surface area contributed by atoms with Gasteiger partial charge in [-0.15, -0.1) is 0 Å². The fourth-order valence-electron chi connectivity index (χ4n) is 1.42. The van der Waals surface area contributed by atoms with Gasteiger partial charge in [-0.05, 0) is 19.4 Å². The number of ketones is 1. The van der Waals surface area contributed by atoms with Gasteiger partial charge in [-0.25, -0.2) is 0 Å². The molecule has 0 N–H and O–H groups in total. The summed E-state index contributed by atoms with van der Waals surface area (Å²) in [6, 6.07) is 1.74. The molecule has 0 bridgehead atoms. The summed E-state index contributed by atoms with van der Waals surface area (Å²) in [5.41, 5.74) is 2.27. The van der Waals surface area contributed by atoms with Crippen LogP contribution in [0.15, 0.2) is 6.07 Å². The second-order valence-electron chi connectivity index (χ2n) is 3.20. The van der Waals surface area contributed by atoms with Gasteiger partial charge in [0.1, 0.15) is 0 Å². The van der Waals surface area contributed by atoms with E-state index in [2.05, 4.69) is 4.98 Å². The molecule has 2 nitrogen and oxygen atoms in total. The van der Waals surface area contributed by atoms with Gasteiger partial charge in [-0.2, -0.15) is 0 Å². The van der Waals surface area contributed by atoms with E-state index in [0.717, 1.165) is 17.8 Å². The summed E-state index contributed by atoms with van der Waals surface area (Å²) in [4.78, 5) is 15.9. The lowest BCUT2D eigenvalue weighted by atomic mass is 10.0. The molecule has 0 spiro atoms. The molecule has 0 aliphatic heterocycles. The molecule has 0 fully saturated rings. The van der Waals surface area contributed by atoms with E-state index in [9.17, 15) is 4.79 Å². The van der Waals surface area contributed by atoms with E-state index in [0.29, 0.717) is 17.0 Å². The first kappa shape index (κ1) is 11.2. The number of carbonyl (C=O) groups is 1. The SMILES string of the molecule is CCC(=O)c1c(Cl)cc(C)nc1CC. The van der Waals surface area contributed by atoms with Crippen molar-refractivity contribution in [2.24, 2.45) is 0 Å². The molecule has 3 heteroatoms. The third-order valence-electron chi connectivity index (χ3n) is 2.11. The van der Waals surface area contributed by atoms with Crippen molar-refractivity contribution in [1.29, 1.82) is 0 Å². The third-order valence-corrected chi connectivity index (χ3v) is 2.41. The van der Waals surface area contributed by atoms with Crippen molar-refractivity contribution in [3.8, 4) is 0 Å². The Morgan fingerprint density at radius 2 is 2.14 bits per heavy atom. The molecule has 1 aromatic heterocycles. The Kier molecular flexibility index (Phi) is 3.64. The molecule has 0 aliphatic rings. The highest BCUT2D eigenvalue weighted by Gasteiger charge is 2.14. The Morgan fingerprint density at radius 3 is 2.64 bits per heavy atom. The predicted molar refractivity (Wildman–Crippen MR) is 58.0 cm³/mol. The average Bonchev–Trinajstić information content (AvgIpc) is 2.15. The molecule has 0 radical (unpaired) electrons. The highest BCUT2D eigenvalue weighted by atomic mass is 35.5. The van der Waals surface area contributed by atoms with Crippen LogP contribution in [0.3, 0.4) is 0 Å². The molecule has 1 heterocycles. The largest absolute Gasteiger partial charge is 0.294 e. The normalized spacial score (nSPS) is 10.3. The number of nitrogens with zero attached hydrogens (tertiary/aromatic N) is 1. The first-order valence-electron chi connectivity index (χ1n) is 4.79. The summed E-state index contributed by atoms with van der Waals surface area (Å²) in [5, 5.41) is 0.529. The molecule has 14 heavy (non-hydrogen) atoms. The number of hydrogen-bond donors (Lipinski definition) is 0. The van der Waals surface area contributed by atoms with Crippen LogP contribution in [-0.4, -0.2) is 10.8 Å². The molecule has 0 saturated heterocycles. The molecule has 0 aromatic carbocycles. The molecule has 0 unspecified atom stereocenters. The van der Waals surface area contributed by atoms with Gasteiger partial charge in [0.25, 0.3) is 0 Å². The van der Waals surface area contributed by atoms with Gasteiger partial charge in [-0.1, -0.05) is 25.4 Å². The number of Topliss-reactive ketones (excluding diaryl/α,β-unsaturated/α-hetero) is 1. The zero-order chi connectivity index (χ0) is 10.7. The monoisotopic (exact) mass is 211 g/mol. The number of aryl methyl sites for hydroxylation is 2. The highest BCUT2D eigenvalue weighted by molar-refractivity contribution is 6.34. The summed E-state index contributed by atoms with van der Waals surface area (Å²) in [6.07, 6.45) is 1.21. The Bertz CT molecular complexity index is 361. The molecule has 1 aromatic rings. The number of rotatable bonds is 3. The summed E-state index contributed by atoms with van der Waals surface area (Å²) in [5.74, 6) is 0.0688. The smallest absolute Gasteiger partial charge is 0.165 e. The van der Waals surface area contributed by atoms with E-state index >= 15 is 0 Å². The van der Waals surface area contributed by atoms with Crippen LogP contribution in [0.1, 0.15) is 42.0 Å². The standard InChI is InChI=1S/C11H14ClNO/c1-4-9-11(10(14)5-2)8(12)6-7(3)13-9/h6H,4-5H2,1-3H3. The van der Waals surface area contributed by atoms with Gasteiger partial charge in [0.05, 0.1) is 16.3 Å². The third kappa shape index (κ3) is 2.13. The van der Waals surface area contributed by atoms with Crippen molar-refractivity contribution in [3.05, 3.63) is 28.0 Å². The van der Waals surface area contributed by atoms with E-state index in [4.69, 9.17) is 11.6 Å². The molecule has 0 amide bonds. The van der Waals surface area contributed by atoms with Crippen molar-refractivity contribution in [2.75, 3.05) is 0 Å². The maximum absolute atomic E-state index is 11.6. The van der Waals surface area contributed by atoms with E-state index in [1.54, 1.807) is 6.07 Å². The lowest BCUT2D eigenvalue weighted by Gasteiger charge is -2.08. The molecule has 0 saturated carbocycles. The van der Waals surface area contributed by atoms with E-state index in [-0.39, 0.29) is 5.78 Å². The van der Waals surface area contributed by atoms with Crippen LogP contribution in [-0.2, 0) is 6.42 Å². The molecule has 76 valence electrons. The second-order valence-corrected chi connectivity index (χ2v) is 3.60. The second kappa shape index (κ2) is 4.56. The van der Waals surface area contributed by atoms with Crippen molar-refractivity contribution in [1.82, 2.24) is 4.98 Å². The lowest BCUT2D eigenvalue weighted by molar-refractivity contribution is 0.0987. The van der Waals surface area contributed by atoms with Crippen LogP contribution in [0.2, 0.25) is 5.02 Å². The molecular formula is C11H14ClNO. The lowest BCUT2D eigenvalue weighted by Crippen LogP contribution is -2.06. The summed E-state index contributed by atoms with van der Waals surface area (Å²) >= 11 is 6.03. The van der Waals surface area contributed by atoms with Gasteiger partial charge in [0.2, 0.25) is 0 Å². The van der Waals surface area contributed by atoms with Crippen LogP contribution in [0, 0.1) is 6.92 Å². The minimum Gasteiger partial charge on any atom is -0.294 e. The minimum absolute atomic E-state index is 0.0688. The van der Waals surface area contributed by atoms with Crippen LogP contribution in [0.4, 0.5) is 0 Å². The van der Waals surface area contributed by atoms with E-state index in [1.165, 1.54) is 0 Å². The molecule has 0 atom stereocenters. The van der Waals surface area contributed by atoms with Crippen LogP contribution < -0.4 is 0 Å². The zero-order valence-electron chi connectivity index (χ0n) is 8.72. The molecule has 0 aliphatic carbocycles. The molecular weight excluding hydrogens is 198 g/mol. The fraction of sp³-hybridized carbons (Fsp3) is 0.455. The van der Waals surface area contributed by atoms with Crippen LogP contribution in [0.5, 0.6) is 0 Å². The topological polar surface area (TPSA) is 30.0 Å². The van der Waals surface area contributed by atoms with Crippen LogP contribution >= 0.6 is 11.6 Å². The average molecular weight is 212 g/mol. The van der Waals surface area contributed by atoms with Gasteiger partial charge in [0, 0.05) is 12.1 Å². The fourth-order valence-corrected chi connectivity index (χ4v) is 1.79. The number of halogens is 1. The van der Waals surface area contributed by atoms with Gasteiger partial charge in [0.15, 0.2) is 5.78 Å². The summed E-state index contributed by atoms with van der Waals surface area (Å²) in [7, 11) is 0. The minimum atomic E-state index is 0.0688. The highest BCUT2D eigenvalue weighted by Crippen LogP contribution is 2.21. The van der Waals surface area contributed by atoms with Crippen molar-refractivity contribution in [3.63, 3.8) is 0 Å². The Labute approximate surface area is 89.3 Å². The predicted octanol–water partition coefficient (Wildman–Crippen LogP) is 3.20. The van der Waals surface area contributed by atoms with Crippen molar-refractivity contribution in [2.45, 2.75) is 33.6 Å². The summed E-state index contributed by atoms with van der Waals surface area (Å²) in [6.45, 7) is 5.69. The number of carbonyl (C=O) groups excluding carboxylic acids is 1. The summed E-state index contributed by atoms with van der Waals surface area (Å²) < 4.78 is 0. The first-order valence-corrected chi connectivity index (χ1v) is 5.17. The van der Waals surface area contributed by atoms with Crippen LogP contribution in [0.25, 0.3) is 0 Å². The van der Waals surface area contributed by atoms with E-state index in [1.807, 2.05) is 20.8 Å². The first-order chi connectivity index (χ1) is 6.60. The van der Waals surface area contributed by atoms with Crippen molar-refractivity contribution < 1.29 is 4.79 Å². The number of aromatic nitrogens is 1. The van der Waals surface area contributed by atoms with E-state index < -0.39 is 0 Å². The maximum atomic E-state index is 11.6. The van der Waals surface area contributed by atoms with Gasteiger partial charge >= 0.3 is 0 Å². The van der Waals surface area contributed by atoms with Gasteiger partial charge in [-0.3, -0.25) is 9.78 Å². The zero-order valence-corrected chi connectivity index (χ0v) is 9.48. The Morgan fingerprint density at radius 1 is 1.50 bits per heavy atom. The Hall–Kier alpha value is -0.890. The van der Waals surface area contributed by atoms with Crippen molar-refractivity contribution >= 4 is 17.4 Å². The number of hydrogen-bond acceptors (Lipinski definition) is 2. The van der Waals surface area contributed by atoms with Gasteiger partial charge < -0.3 is 0 Å². The molecule has 1 rings (SSSR count).